The Morgan fingerprint density at radius 1 is 0.647 bits per heavy atom. The molecule has 0 aromatic heterocycles. The number of rotatable bonds is 24. The van der Waals surface area contributed by atoms with E-state index in [0.29, 0.717) is 59.3 Å². The third kappa shape index (κ3) is 20.9. The molecule has 206 valence electrons. The summed E-state index contributed by atoms with van der Waals surface area (Å²) in [6.07, 6.45) is 0.0117. The van der Waals surface area contributed by atoms with Crippen molar-refractivity contribution in [2.45, 2.75) is 61.2 Å². The minimum atomic E-state index is -0.547. The van der Waals surface area contributed by atoms with Crippen molar-refractivity contribution in [3.63, 3.8) is 0 Å². The van der Waals surface area contributed by atoms with Crippen LogP contribution in [0, 0.1) is 5.41 Å². The molecule has 0 bridgehead atoms. The van der Waals surface area contributed by atoms with Crippen LogP contribution in [0.15, 0.2) is 0 Å². The average Bonchev–Trinajstić information content (AvgIpc) is 2.74. The minimum Gasteiger partial charge on any atom is -0.392 e. The van der Waals surface area contributed by atoms with Crippen molar-refractivity contribution in [1.82, 2.24) is 0 Å². The third-order valence-corrected chi connectivity index (χ3v) is 7.66. The highest BCUT2D eigenvalue weighted by Gasteiger charge is 2.38. The Bertz CT molecular complexity index is 438. The maximum atomic E-state index is 11.3. The molecule has 5 unspecified atom stereocenters. The molecule has 1 N–H and O–H groups in total. The third-order valence-electron chi connectivity index (χ3n) is 4.59. The summed E-state index contributed by atoms with van der Waals surface area (Å²) in [7, 11) is 0. The van der Waals surface area contributed by atoms with Gasteiger partial charge in [0.05, 0.1) is 52.4 Å². The summed E-state index contributed by atoms with van der Waals surface area (Å²) in [5.41, 5.74) is -0.401. The molecular formula is C23H48O5S6. The highest BCUT2D eigenvalue weighted by Crippen LogP contribution is 2.34. The second-order valence-corrected chi connectivity index (χ2v) is 14.6. The van der Waals surface area contributed by atoms with Gasteiger partial charge in [-0.2, -0.15) is 74.0 Å². The quantitative estimate of drug-likeness (QED) is 0.0829. The van der Waals surface area contributed by atoms with Crippen LogP contribution >= 0.6 is 74.0 Å². The van der Waals surface area contributed by atoms with Crippen molar-refractivity contribution in [1.29, 1.82) is 0 Å². The van der Waals surface area contributed by atoms with Gasteiger partial charge in [-0.05, 0) is 6.42 Å². The lowest BCUT2D eigenvalue weighted by Crippen LogP contribution is -2.45. The summed E-state index contributed by atoms with van der Waals surface area (Å²) >= 11 is 21.1. The monoisotopic (exact) mass is 596 g/mol. The standard InChI is InChI=1S/C23H48O5S6/c1-18(29)11-25-6-5-22(24)23(15-28-14-21(4)32,16-33-9-7-26-12-19(2)30)17-34-10-8-27-13-20(3)31/h18-22,24,29-32H,5-17H2,1-4H3. The van der Waals surface area contributed by atoms with E-state index in [0.717, 1.165) is 23.0 Å². The van der Waals surface area contributed by atoms with Crippen LogP contribution < -0.4 is 0 Å². The van der Waals surface area contributed by atoms with Gasteiger partial charge in [0.1, 0.15) is 0 Å². The van der Waals surface area contributed by atoms with E-state index >= 15 is 0 Å². The first-order chi connectivity index (χ1) is 16.1. The fourth-order valence-electron chi connectivity index (χ4n) is 2.90. The molecule has 11 heteroatoms. The highest BCUT2D eigenvalue weighted by molar-refractivity contribution is 8.00. The van der Waals surface area contributed by atoms with Crippen LogP contribution in [0.25, 0.3) is 0 Å². The Labute approximate surface area is 239 Å². The zero-order valence-electron chi connectivity index (χ0n) is 21.3. The number of ether oxygens (including phenoxy) is 4. The second-order valence-electron chi connectivity index (χ2n) is 8.91. The van der Waals surface area contributed by atoms with Crippen molar-refractivity contribution < 1.29 is 24.1 Å². The van der Waals surface area contributed by atoms with Gasteiger partial charge in [-0.3, -0.25) is 0 Å². The molecule has 0 aliphatic heterocycles. The SMILES string of the molecule is CC(S)COCCSCC(COCC(C)S)(CSCCOCC(C)S)C(O)CCOCC(C)S. The molecule has 0 aromatic carbocycles. The van der Waals surface area contributed by atoms with Gasteiger partial charge in [-0.15, -0.1) is 0 Å². The van der Waals surface area contributed by atoms with E-state index in [1.54, 1.807) is 23.5 Å². The Kier molecular flexibility index (Phi) is 24.1. The van der Waals surface area contributed by atoms with E-state index in [-0.39, 0.29) is 21.0 Å². The molecule has 5 nitrogen and oxygen atoms in total. The molecular weight excluding hydrogens is 549 g/mol. The second kappa shape index (κ2) is 22.8. The Morgan fingerprint density at radius 2 is 1.03 bits per heavy atom. The Balaban J connectivity index is 5.04. The van der Waals surface area contributed by atoms with Crippen molar-refractivity contribution in [2.24, 2.45) is 5.41 Å². The van der Waals surface area contributed by atoms with Crippen LogP contribution in [0.5, 0.6) is 0 Å². The number of hydrogen-bond donors (Lipinski definition) is 5. The first-order valence-electron chi connectivity index (χ1n) is 12.0. The molecule has 34 heavy (non-hydrogen) atoms. The number of thioether (sulfide) groups is 2. The van der Waals surface area contributed by atoms with Gasteiger partial charge in [0.15, 0.2) is 0 Å². The molecule has 5 atom stereocenters. The van der Waals surface area contributed by atoms with Gasteiger partial charge in [-0.25, -0.2) is 0 Å². The van der Waals surface area contributed by atoms with Crippen LogP contribution in [0.4, 0.5) is 0 Å². The van der Waals surface area contributed by atoms with Crippen LogP contribution in [-0.4, -0.2) is 108 Å². The highest BCUT2D eigenvalue weighted by atomic mass is 32.2. The van der Waals surface area contributed by atoms with E-state index in [4.69, 9.17) is 18.9 Å². The largest absolute Gasteiger partial charge is 0.392 e. The number of hydrogen-bond acceptors (Lipinski definition) is 11. The van der Waals surface area contributed by atoms with Crippen LogP contribution in [-0.2, 0) is 18.9 Å². The molecule has 0 aliphatic rings. The van der Waals surface area contributed by atoms with Crippen LogP contribution in [0.3, 0.4) is 0 Å². The number of thiol groups is 4. The normalized spacial score (nSPS) is 18.3. The molecule has 0 radical (unpaired) electrons. The summed E-state index contributed by atoms with van der Waals surface area (Å²) in [4.78, 5) is 0. The molecule has 0 saturated heterocycles. The fraction of sp³-hybridized carbons (Fsp3) is 1.00. The van der Waals surface area contributed by atoms with Crippen molar-refractivity contribution in [3.8, 4) is 0 Å². The maximum Gasteiger partial charge on any atom is 0.0656 e. The van der Waals surface area contributed by atoms with Gasteiger partial charge >= 0.3 is 0 Å². The summed E-state index contributed by atoms with van der Waals surface area (Å²) in [5.74, 6) is 3.28. The van der Waals surface area contributed by atoms with Crippen LogP contribution in [0.1, 0.15) is 34.1 Å². The molecule has 0 aliphatic carbocycles. The van der Waals surface area contributed by atoms with E-state index in [1.807, 2.05) is 27.7 Å². The summed E-state index contributed by atoms with van der Waals surface area (Å²) in [5, 5.41) is 12.1. The van der Waals surface area contributed by atoms with E-state index in [1.165, 1.54) is 0 Å². The van der Waals surface area contributed by atoms with Gasteiger partial charge in [-0.1, -0.05) is 27.7 Å². The molecule has 0 saturated carbocycles. The predicted molar refractivity (Wildman–Crippen MR) is 165 cm³/mol. The Morgan fingerprint density at radius 3 is 1.44 bits per heavy atom. The topological polar surface area (TPSA) is 57.2 Å². The minimum absolute atomic E-state index is 0.142. The molecule has 0 amide bonds. The molecule has 0 heterocycles. The van der Waals surface area contributed by atoms with Gasteiger partial charge in [0.25, 0.3) is 0 Å². The molecule has 0 spiro atoms. The molecule has 0 aromatic rings. The smallest absolute Gasteiger partial charge is 0.0656 e. The average molecular weight is 597 g/mol. The number of aliphatic hydroxyl groups excluding tert-OH is 1. The first kappa shape index (κ1) is 35.9. The van der Waals surface area contributed by atoms with E-state index < -0.39 is 11.5 Å². The lowest BCUT2D eigenvalue weighted by Gasteiger charge is -2.38. The molecule has 0 rings (SSSR count). The van der Waals surface area contributed by atoms with Crippen molar-refractivity contribution in [2.75, 3.05) is 75.9 Å². The van der Waals surface area contributed by atoms with Gasteiger partial charge < -0.3 is 24.1 Å². The first-order valence-corrected chi connectivity index (χ1v) is 16.3. The maximum absolute atomic E-state index is 11.3. The summed E-state index contributed by atoms with van der Waals surface area (Å²) in [6, 6.07) is 0. The molecule has 0 fully saturated rings. The summed E-state index contributed by atoms with van der Waals surface area (Å²) in [6.45, 7) is 12.8. The lowest BCUT2D eigenvalue weighted by atomic mass is 9.85. The Hall–Kier alpha value is 1.90. The number of aliphatic hydroxyl groups is 1. The van der Waals surface area contributed by atoms with E-state index in [2.05, 4.69) is 50.5 Å². The van der Waals surface area contributed by atoms with Crippen molar-refractivity contribution in [3.05, 3.63) is 0 Å². The van der Waals surface area contributed by atoms with Crippen LogP contribution in [0.2, 0.25) is 0 Å². The fourth-order valence-corrected chi connectivity index (χ4v) is 5.78. The zero-order chi connectivity index (χ0) is 25.8. The lowest BCUT2D eigenvalue weighted by molar-refractivity contribution is -0.0321. The van der Waals surface area contributed by atoms with Gasteiger partial charge in [0, 0.05) is 56.0 Å². The van der Waals surface area contributed by atoms with Crippen molar-refractivity contribution >= 4 is 74.0 Å². The van der Waals surface area contributed by atoms with E-state index in [9.17, 15) is 5.11 Å². The zero-order valence-corrected chi connectivity index (χ0v) is 26.5. The van der Waals surface area contributed by atoms with Gasteiger partial charge in [0.2, 0.25) is 0 Å². The predicted octanol–water partition coefficient (Wildman–Crippen LogP) is 4.53. The summed E-state index contributed by atoms with van der Waals surface area (Å²) < 4.78 is 23.1.